The van der Waals surface area contributed by atoms with E-state index >= 15 is 0 Å². The van der Waals surface area contributed by atoms with Gasteiger partial charge in [0.1, 0.15) is 5.75 Å². The molecule has 1 aliphatic rings. The highest BCUT2D eigenvalue weighted by Crippen LogP contribution is 2.52. The van der Waals surface area contributed by atoms with Crippen LogP contribution < -0.4 is 34.9 Å². The molecule has 36 heavy (non-hydrogen) atoms. The molecule has 3 N–H and O–H groups in total. The molecule has 0 radical (unpaired) electrons. The van der Waals surface area contributed by atoms with E-state index in [9.17, 15) is 9.59 Å². The van der Waals surface area contributed by atoms with Crippen molar-refractivity contribution in [3.05, 3.63) is 71.8 Å². The van der Waals surface area contributed by atoms with Gasteiger partial charge in [-0.25, -0.2) is 0 Å². The Labute approximate surface area is 209 Å². The fourth-order valence-corrected chi connectivity index (χ4v) is 4.44. The second-order valence-electron chi connectivity index (χ2n) is 8.16. The Bertz CT molecular complexity index is 1220. The highest BCUT2D eigenvalue weighted by Gasteiger charge is 2.50. The van der Waals surface area contributed by atoms with Crippen LogP contribution in [0.5, 0.6) is 23.0 Å². The molecule has 1 fully saturated rings. The molecule has 188 valence electrons. The van der Waals surface area contributed by atoms with Gasteiger partial charge in [-0.1, -0.05) is 24.3 Å². The van der Waals surface area contributed by atoms with Crippen LogP contribution in [0.1, 0.15) is 23.1 Å². The van der Waals surface area contributed by atoms with Crippen molar-refractivity contribution in [3.63, 3.8) is 0 Å². The molecule has 0 unspecified atom stereocenters. The molecule has 9 heteroatoms. The molecule has 3 aromatic rings. The van der Waals surface area contributed by atoms with Crippen molar-refractivity contribution in [2.45, 2.75) is 12.0 Å². The van der Waals surface area contributed by atoms with Gasteiger partial charge in [0.2, 0.25) is 17.6 Å². The summed E-state index contributed by atoms with van der Waals surface area (Å²) in [5, 5.41) is 2.72. The van der Waals surface area contributed by atoms with Crippen molar-refractivity contribution in [1.29, 1.82) is 0 Å². The first kappa shape index (κ1) is 24.9. The average molecular weight is 492 g/mol. The summed E-state index contributed by atoms with van der Waals surface area (Å²) >= 11 is 0. The molecule has 9 nitrogen and oxygen atoms in total. The Balaban J connectivity index is 1.75. The topological polar surface area (TPSA) is 112 Å². The molecule has 1 saturated heterocycles. The van der Waals surface area contributed by atoms with Gasteiger partial charge in [-0.3, -0.25) is 9.59 Å². The molecule has 0 spiro atoms. The molecule has 0 aliphatic carbocycles. The number of nitrogens with one attached hydrogen (secondary N) is 1. The lowest BCUT2D eigenvalue weighted by molar-refractivity contribution is -0.126. The van der Waals surface area contributed by atoms with E-state index in [-0.39, 0.29) is 24.4 Å². The van der Waals surface area contributed by atoms with Crippen LogP contribution in [-0.4, -0.2) is 46.8 Å². The summed E-state index contributed by atoms with van der Waals surface area (Å²) in [7, 11) is 6.21. The van der Waals surface area contributed by atoms with Crippen molar-refractivity contribution in [1.82, 2.24) is 0 Å². The fraction of sp³-hybridized carbons (Fsp3) is 0.259. The molecule has 1 heterocycles. The van der Waals surface area contributed by atoms with Crippen LogP contribution in [0.25, 0.3) is 0 Å². The van der Waals surface area contributed by atoms with E-state index < -0.39 is 5.92 Å². The minimum Gasteiger partial charge on any atom is -0.497 e. The number of carbonyl (C=O) groups is 2. The zero-order chi connectivity index (χ0) is 25.8. The summed E-state index contributed by atoms with van der Waals surface area (Å²) in [5.74, 6) is 1.28. The van der Waals surface area contributed by atoms with Crippen LogP contribution in [0.4, 0.5) is 11.4 Å². The Morgan fingerprint density at radius 1 is 0.861 bits per heavy atom. The molecule has 3 aromatic carbocycles. The third-order valence-corrected chi connectivity index (χ3v) is 6.22. The molecule has 1 aliphatic heterocycles. The Kier molecular flexibility index (Phi) is 7.30. The van der Waals surface area contributed by atoms with Gasteiger partial charge in [-0.2, -0.15) is 0 Å². The predicted octanol–water partition coefficient (Wildman–Crippen LogP) is 3.49. The van der Waals surface area contributed by atoms with Gasteiger partial charge in [-0.15, -0.1) is 0 Å². The second kappa shape index (κ2) is 10.6. The van der Waals surface area contributed by atoms with Crippen LogP contribution in [-0.2, 0) is 9.59 Å². The van der Waals surface area contributed by atoms with Gasteiger partial charge < -0.3 is 34.9 Å². The Hall–Kier alpha value is -4.24. The van der Waals surface area contributed by atoms with Crippen LogP contribution in [0.3, 0.4) is 0 Å². The van der Waals surface area contributed by atoms with Gasteiger partial charge >= 0.3 is 0 Å². The lowest BCUT2D eigenvalue weighted by Gasteiger charge is -2.48. The number of hydrogen-bond acceptors (Lipinski definition) is 7. The third kappa shape index (κ3) is 4.52. The largest absolute Gasteiger partial charge is 0.497 e. The number of ether oxygens (including phenoxy) is 4. The molecule has 0 aromatic heterocycles. The molecule has 2 atom stereocenters. The molecule has 0 bridgehead atoms. The number of β-lactam (4-membered cyclic amide) rings is 1. The molecule has 4 rings (SSSR count). The number of anilines is 2. The zero-order valence-corrected chi connectivity index (χ0v) is 20.6. The van der Waals surface area contributed by atoms with Gasteiger partial charge in [0, 0.05) is 17.8 Å². The number of nitrogens with two attached hydrogens (primary N) is 1. The highest BCUT2D eigenvalue weighted by molar-refractivity contribution is 6.07. The summed E-state index contributed by atoms with van der Waals surface area (Å²) in [4.78, 5) is 27.0. The number of amides is 2. The third-order valence-electron chi connectivity index (χ3n) is 6.22. The van der Waals surface area contributed by atoms with E-state index in [2.05, 4.69) is 5.32 Å². The quantitative estimate of drug-likeness (QED) is 0.441. The summed E-state index contributed by atoms with van der Waals surface area (Å²) in [6.45, 7) is -0.105. The van der Waals surface area contributed by atoms with Crippen molar-refractivity contribution < 1.29 is 28.5 Å². The van der Waals surface area contributed by atoms with Crippen molar-refractivity contribution >= 4 is 23.2 Å². The van der Waals surface area contributed by atoms with Crippen LogP contribution in [0, 0.1) is 0 Å². The predicted molar refractivity (Wildman–Crippen MR) is 136 cm³/mol. The van der Waals surface area contributed by atoms with Gasteiger partial charge in [0.25, 0.3) is 0 Å². The van der Waals surface area contributed by atoms with Crippen molar-refractivity contribution in [2.24, 2.45) is 5.73 Å². The number of rotatable bonds is 9. The number of methoxy groups -OCH3 is 4. The van der Waals surface area contributed by atoms with Gasteiger partial charge in [0.05, 0.1) is 52.6 Å². The van der Waals surface area contributed by atoms with E-state index in [0.717, 1.165) is 16.9 Å². The average Bonchev–Trinajstić information content (AvgIpc) is 2.92. The second-order valence-corrected chi connectivity index (χ2v) is 8.16. The van der Waals surface area contributed by atoms with Crippen molar-refractivity contribution in [2.75, 3.05) is 45.2 Å². The van der Waals surface area contributed by atoms with Crippen LogP contribution >= 0.6 is 0 Å². The summed E-state index contributed by atoms with van der Waals surface area (Å²) < 4.78 is 21.8. The summed E-state index contributed by atoms with van der Waals surface area (Å²) in [5.41, 5.74) is 8.39. The smallest absolute Gasteiger partial charge is 0.238 e. The first-order chi connectivity index (χ1) is 17.4. The van der Waals surface area contributed by atoms with E-state index in [4.69, 9.17) is 24.7 Å². The van der Waals surface area contributed by atoms with E-state index in [1.165, 1.54) is 21.3 Å². The lowest BCUT2D eigenvalue weighted by Crippen LogP contribution is -2.53. The minimum absolute atomic E-state index is 0.0798. The van der Waals surface area contributed by atoms with Gasteiger partial charge in [0.15, 0.2) is 11.5 Å². The number of hydrogen-bond donors (Lipinski definition) is 2. The monoisotopic (exact) mass is 491 g/mol. The highest BCUT2D eigenvalue weighted by atomic mass is 16.5. The molecule has 2 amide bonds. The number of benzene rings is 3. The SMILES string of the molecule is COc1ccc([C@H]2[C@H](c3ccc(NC(=O)CN)cc3)C(=O)N2c2cc(OC)c(OC)c(OC)c2)cc1. The maximum atomic E-state index is 13.6. The first-order valence-electron chi connectivity index (χ1n) is 11.3. The lowest BCUT2D eigenvalue weighted by atomic mass is 9.77. The van der Waals surface area contributed by atoms with E-state index in [1.807, 2.05) is 36.4 Å². The van der Waals surface area contributed by atoms with Crippen molar-refractivity contribution in [3.8, 4) is 23.0 Å². The Morgan fingerprint density at radius 2 is 1.44 bits per heavy atom. The maximum Gasteiger partial charge on any atom is 0.238 e. The Morgan fingerprint density at radius 3 is 1.94 bits per heavy atom. The van der Waals surface area contributed by atoms with Gasteiger partial charge in [-0.05, 0) is 35.4 Å². The first-order valence-corrected chi connectivity index (χ1v) is 11.3. The zero-order valence-electron chi connectivity index (χ0n) is 20.6. The molecular formula is C27H29N3O6. The molecular weight excluding hydrogens is 462 g/mol. The summed E-state index contributed by atoms with van der Waals surface area (Å²) in [6, 6.07) is 18.1. The van der Waals surface area contributed by atoms with Crippen LogP contribution in [0.2, 0.25) is 0 Å². The number of nitrogens with zero attached hydrogens (tertiary/aromatic N) is 1. The minimum atomic E-state index is -0.434. The number of carbonyl (C=O) groups excluding carboxylic acids is 2. The maximum absolute atomic E-state index is 13.6. The van der Waals surface area contributed by atoms with E-state index in [0.29, 0.717) is 28.6 Å². The standard InChI is InChI=1S/C27H29N3O6/c1-33-20-11-7-17(8-12-20)25-24(16-5-9-18(10-6-16)29-23(31)15-28)27(32)30(25)19-13-21(34-2)26(36-4)22(14-19)35-3/h5-14,24-25H,15,28H2,1-4H3,(H,29,31)/t24-,25-/m0/s1. The van der Waals surface area contributed by atoms with E-state index in [1.54, 1.807) is 36.3 Å². The molecule has 0 saturated carbocycles. The van der Waals surface area contributed by atoms with Crippen LogP contribution in [0.15, 0.2) is 60.7 Å². The fourth-order valence-electron chi connectivity index (χ4n) is 4.44. The normalized spacial score (nSPS) is 16.7. The summed E-state index contributed by atoms with van der Waals surface area (Å²) in [6.07, 6.45) is 0.